The number of imide groups is 1. The third-order valence-corrected chi connectivity index (χ3v) is 6.64. The second kappa shape index (κ2) is 8.81. The molecule has 0 bridgehead atoms. The number of amides is 2. The molecule has 2 amide bonds. The van der Waals surface area contributed by atoms with Crippen molar-refractivity contribution >= 4 is 28.6 Å². The molecule has 0 saturated carbocycles. The highest BCUT2D eigenvalue weighted by molar-refractivity contribution is 6.12. The smallest absolute Gasteiger partial charge is 0.417 e. The van der Waals surface area contributed by atoms with Crippen molar-refractivity contribution in [2.24, 2.45) is 0 Å². The predicted molar refractivity (Wildman–Crippen MR) is 145 cm³/mol. The first-order valence-corrected chi connectivity index (χ1v) is 12.5. The average Bonchev–Trinajstić information content (AvgIpc) is 3.59. The molecule has 1 aliphatic rings. The zero-order chi connectivity index (χ0) is 26.6. The average molecular weight is 509 g/mol. The Morgan fingerprint density at radius 2 is 1.89 bits per heavy atom. The number of nitrogens with zero attached hydrogens (tertiary/aromatic N) is 4. The number of carbonyl (C=O) groups is 2. The summed E-state index contributed by atoms with van der Waals surface area (Å²) in [5, 5.41) is 7.66. The van der Waals surface area contributed by atoms with Gasteiger partial charge in [0.25, 0.3) is 5.91 Å². The van der Waals surface area contributed by atoms with Crippen LogP contribution in [0, 0.1) is 0 Å². The van der Waals surface area contributed by atoms with Crippen molar-refractivity contribution in [3.63, 3.8) is 0 Å². The van der Waals surface area contributed by atoms with Gasteiger partial charge in [0.2, 0.25) is 0 Å². The van der Waals surface area contributed by atoms with E-state index in [1.165, 1.54) is 4.90 Å². The summed E-state index contributed by atoms with van der Waals surface area (Å²) in [5.74, 6) is 0.170. The number of aromatic amines is 1. The largest absolute Gasteiger partial charge is 0.443 e. The molecule has 192 valence electrons. The molecule has 4 heterocycles. The Kier molecular flexibility index (Phi) is 5.53. The highest BCUT2D eigenvalue weighted by Crippen LogP contribution is 2.40. The van der Waals surface area contributed by atoms with Crippen LogP contribution in [0.1, 0.15) is 42.3 Å². The summed E-state index contributed by atoms with van der Waals surface area (Å²) in [6, 6.07) is 15.7. The number of carbonyl (C=O) groups excluding carboxylic acids is 2. The van der Waals surface area contributed by atoms with Gasteiger partial charge < -0.3 is 15.0 Å². The number of H-pyrrole nitrogens is 1. The first-order chi connectivity index (χ1) is 18.2. The summed E-state index contributed by atoms with van der Waals surface area (Å²) in [6.45, 7) is 6.11. The molecule has 9 nitrogen and oxygen atoms in total. The minimum absolute atomic E-state index is 0.0989. The van der Waals surface area contributed by atoms with Crippen LogP contribution >= 0.6 is 0 Å². The summed E-state index contributed by atoms with van der Waals surface area (Å²) in [5.41, 5.74) is 6.50. The number of para-hydroxylation sites is 1. The predicted octanol–water partition coefficient (Wildman–Crippen LogP) is 5.15. The van der Waals surface area contributed by atoms with Crippen LogP contribution in [-0.4, -0.2) is 49.1 Å². The van der Waals surface area contributed by atoms with Crippen LogP contribution in [0.5, 0.6) is 0 Å². The molecule has 3 aromatic heterocycles. The highest BCUT2D eigenvalue weighted by Gasteiger charge is 2.39. The van der Waals surface area contributed by atoms with Gasteiger partial charge in [0, 0.05) is 23.9 Å². The van der Waals surface area contributed by atoms with Crippen molar-refractivity contribution < 1.29 is 14.3 Å². The molecule has 0 spiro atoms. The Morgan fingerprint density at radius 1 is 1.08 bits per heavy atom. The van der Waals surface area contributed by atoms with Gasteiger partial charge in [-0.15, -0.1) is 0 Å². The van der Waals surface area contributed by atoms with E-state index in [0.29, 0.717) is 23.5 Å². The van der Waals surface area contributed by atoms with Crippen LogP contribution < -0.4 is 5.32 Å². The van der Waals surface area contributed by atoms with Crippen LogP contribution in [0.2, 0.25) is 0 Å². The SMILES string of the molecule is CNCc1cccc2[nH]c(-c3ccc(-c4cnn5ccccc45)c4c3C(=O)N(C(=O)OC(C)(C)C)C4)nc12. The Morgan fingerprint density at radius 3 is 2.68 bits per heavy atom. The van der Waals surface area contributed by atoms with Gasteiger partial charge in [-0.1, -0.05) is 24.3 Å². The number of nitrogens with one attached hydrogen (secondary N) is 2. The minimum Gasteiger partial charge on any atom is -0.443 e. The lowest BCUT2D eigenvalue weighted by atomic mass is 9.93. The standard InChI is InChI=1S/C29H28N6O3/c1-29(2,3)38-28(37)34-16-21-18(20-15-31-35-13-6-5-10-23(20)35)11-12-19(24(21)27(34)36)26-32-22-9-7-8-17(14-30-4)25(22)33-26/h5-13,15,30H,14,16H2,1-4H3,(H,32,33). The van der Waals surface area contributed by atoms with Gasteiger partial charge in [-0.25, -0.2) is 19.2 Å². The second-order valence-electron chi connectivity index (χ2n) is 10.4. The summed E-state index contributed by atoms with van der Waals surface area (Å²) in [7, 11) is 1.89. The number of imidazole rings is 1. The van der Waals surface area contributed by atoms with E-state index in [9.17, 15) is 9.59 Å². The number of aromatic nitrogens is 4. The number of hydrogen-bond acceptors (Lipinski definition) is 6. The summed E-state index contributed by atoms with van der Waals surface area (Å²) < 4.78 is 7.37. The van der Waals surface area contributed by atoms with Crippen molar-refractivity contribution in [1.29, 1.82) is 0 Å². The van der Waals surface area contributed by atoms with E-state index in [0.717, 1.165) is 38.8 Å². The maximum absolute atomic E-state index is 13.8. The fourth-order valence-corrected chi connectivity index (χ4v) is 5.03. The van der Waals surface area contributed by atoms with Gasteiger partial charge in [0.15, 0.2) is 0 Å². The van der Waals surface area contributed by atoms with Gasteiger partial charge >= 0.3 is 6.09 Å². The zero-order valence-corrected chi connectivity index (χ0v) is 21.7. The molecule has 0 aliphatic carbocycles. The van der Waals surface area contributed by atoms with Gasteiger partial charge in [0.05, 0.1) is 34.9 Å². The molecular weight excluding hydrogens is 480 g/mol. The molecule has 0 atom stereocenters. The van der Waals surface area contributed by atoms with Crippen LogP contribution in [0.4, 0.5) is 4.79 Å². The highest BCUT2D eigenvalue weighted by atomic mass is 16.6. The third-order valence-electron chi connectivity index (χ3n) is 6.64. The monoisotopic (exact) mass is 508 g/mol. The molecule has 38 heavy (non-hydrogen) atoms. The van der Waals surface area contributed by atoms with E-state index in [4.69, 9.17) is 9.72 Å². The molecule has 5 aromatic rings. The van der Waals surface area contributed by atoms with Crippen molar-refractivity contribution in [2.75, 3.05) is 7.05 Å². The van der Waals surface area contributed by atoms with E-state index >= 15 is 0 Å². The van der Waals surface area contributed by atoms with Crippen molar-refractivity contribution in [3.05, 3.63) is 77.6 Å². The van der Waals surface area contributed by atoms with Crippen molar-refractivity contribution in [3.8, 4) is 22.5 Å². The molecule has 2 aromatic carbocycles. The number of pyridine rings is 1. The molecule has 0 unspecified atom stereocenters. The number of hydrogen-bond donors (Lipinski definition) is 2. The quantitative estimate of drug-likeness (QED) is 0.348. The van der Waals surface area contributed by atoms with Crippen LogP contribution in [0.3, 0.4) is 0 Å². The Labute approximate surface area is 219 Å². The zero-order valence-electron chi connectivity index (χ0n) is 21.7. The first-order valence-electron chi connectivity index (χ1n) is 12.5. The first kappa shape index (κ1) is 23.9. The topological polar surface area (TPSA) is 105 Å². The summed E-state index contributed by atoms with van der Waals surface area (Å²) in [4.78, 5) is 36.4. The molecular formula is C29H28N6O3. The number of benzene rings is 2. The lowest BCUT2D eigenvalue weighted by molar-refractivity contribution is 0.0248. The Balaban J connectivity index is 1.54. The molecule has 9 heteroatoms. The lowest BCUT2D eigenvalue weighted by Crippen LogP contribution is -2.37. The molecule has 2 N–H and O–H groups in total. The Bertz CT molecular complexity index is 1730. The molecule has 0 saturated heterocycles. The van der Waals surface area contributed by atoms with E-state index in [1.54, 1.807) is 31.5 Å². The van der Waals surface area contributed by atoms with Crippen molar-refractivity contribution in [2.45, 2.75) is 39.5 Å². The van der Waals surface area contributed by atoms with Crippen LogP contribution in [-0.2, 0) is 17.8 Å². The number of ether oxygens (including phenoxy) is 1. The van der Waals surface area contributed by atoms with Crippen LogP contribution in [0.15, 0.2) is 60.9 Å². The van der Waals surface area contributed by atoms with Gasteiger partial charge in [0.1, 0.15) is 11.4 Å². The van der Waals surface area contributed by atoms with Gasteiger partial charge in [-0.3, -0.25) is 4.79 Å². The summed E-state index contributed by atoms with van der Waals surface area (Å²) in [6.07, 6.45) is 3.00. The molecule has 6 rings (SSSR count). The molecule has 0 radical (unpaired) electrons. The second-order valence-corrected chi connectivity index (χ2v) is 10.4. The van der Waals surface area contributed by atoms with Crippen LogP contribution in [0.25, 0.3) is 39.1 Å². The molecule has 0 fully saturated rings. The number of fused-ring (bicyclic) bond motifs is 3. The maximum atomic E-state index is 13.8. The normalized spacial score (nSPS) is 13.5. The third kappa shape index (κ3) is 3.92. The van der Waals surface area contributed by atoms with E-state index in [2.05, 4.69) is 15.4 Å². The van der Waals surface area contributed by atoms with Gasteiger partial charge in [-0.05, 0) is 68.8 Å². The van der Waals surface area contributed by atoms with E-state index in [1.807, 2.05) is 61.8 Å². The minimum atomic E-state index is -0.733. The fourth-order valence-electron chi connectivity index (χ4n) is 5.03. The summed E-state index contributed by atoms with van der Waals surface area (Å²) >= 11 is 0. The van der Waals surface area contributed by atoms with Gasteiger partial charge in [-0.2, -0.15) is 5.10 Å². The van der Waals surface area contributed by atoms with E-state index < -0.39 is 17.6 Å². The molecule has 1 aliphatic heterocycles. The maximum Gasteiger partial charge on any atom is 0.417 e. The lowest BCUT2D eigenvalue weighted by Gasteiger charge is -2.23. The van der Waals surface area contributed by atoms with Crippen molar-refractivity contribution in [1.82, 2.24) is 29.8 Å². The van der Waals surface area contributed by atoms with E-state index in [-0.39, 0.29) is 6.54 Å². The Hall–Kier alpha value is -4.50. The number of rotatable bonds is 4. The fraction of sp³-hybridized carbons (Fsp3) is 0.241.